The van der Waals surface area contributed by atoms with Crippen molar-refractivity contribution >= 4 is 20.2 Å². The summed E-state index contributed by atoms with van der Waals surface area (Å²) >= 11 is 0. The van der Waals surface area contributed by atoms with Gasteiger partial charge in [0.1, 0.15) is 0 Å². The predicted octanol–water partition coefficient (Wildman–Crippen LogP) is 2.10. The lowest BCUT2D eigenvalue weighted by Crippen LogP contribution is -2.40. The molecule has 0 aliphatic carbocycles. The van der Waals surface area contributed by atoms with Crippen molar-refractivity contribution < 1.29 is 33.8 Å². The number of benzene rings is 1. The Balaban J connectivity index is 2.76. The summed E-state index contributed by atoms with van der Waals surface area (Å²) in [6.07, 6.45) is 0.113. The highest BCUT2D eigenvalue weighted by atomic mass is 31.1. The quantitative estimate of drug-likeness (QED) is 0.562. The summed E-state index contributed by atoms with van der Waals surface area (Å²) in [6, 6.07) is 9.34. The van der Waals surface area contributed by atoms with Crippen molar-refractivity contribution in [3.63, 3.8) is 0 Å². The summed E-state index contributed by atoms with van der Waals surface area (Å²) < 4.78 is 15.7. The van der Waals surface area contributed by atoms with Gasteiger partial charge < -0.3 is 15.1 Å². The minimum Gasteiger partial charge on any atom is -0.481 e. The van der Waals surface area contributed by atoms with Crippen LogP contribution in [0.15, 0.2) is 30.3 Å². The zero-order valence-corrected chi connectivity index (χ0v) is 12.9. The van der Waals surface area contributed by atoms with Crippen molar-refractivity contribution in [3.8, 4) is 0 Å². The summed E-state index contributed by atoms with van der Waals surface area (Å²) in [4.78, 5) is 31.1. The fourth-order valence-electron chi connectivity index (χ4n) is 2.18. The molecule has 0 spiro atoms. The molecule has 0 heterocycles. The second-order valence-corrected chi connectivity index (χ2v) is 5.64. The number of carboxylic acids is 2. The first-order valence-corrected chi connectivity index (χ1v) is 8.03. The molecule has 0 saturated heterocycles. The van der Waals surface area contributed by atoms with E-state index in [9.17, 15) is 19.3 Å². The molecule has 0 bridgehead atoms. The fraction of sp³-hybridized carbons (Fsp3) is 0.429. The number of hydrogen-bond acceptors (Lipinski definition) is 4. The maximum absolute atomic E-state index is 11.5. The van der Waals surface area contributed by atoms with Gasteiger partial charge in [0.25, 0.3) is 0 Å². The van der Waals surface area contributed by atoms with Crippen molar-refractivity contribution in [2.75, 3.05) is 0 Å². The molecular formula is C14H19O7P. The van der Waals surface area contributed by atoms with Gasteiger partial charge in [0.05, 0.1) is 0 Å². The molecule has 1 aromatic rings. The molecule has 8 heteroatoms. The van der Waals surface area contributed by atoms with E-state index in [0.29, 0.717) is 12.8 Å². The Labute approximate surface area is 128 Å². The van der Waals surface area contributed by atoms with Crippen LogP contribution in [0.5, 0.6) is 0 Å². The van der Waals surface area contributed by atoms with Gasteiger partial charge in [0.15, 0.2) is 5.60 Å². The highest BCUT2D eigenvalue weighted by Gasteiger charge is 2.41. The van der Waals surface area contributed by atoms with Crippen LogP contribution in [0.3, 0.4) is 0 Å². The van der Waals surface area contributed by atoms with E-state index in [-0.39, 0.29) is 12.8 Å². The van der Waals surface area contributed by atoms with E-state index in [1.54, 1.807) is 0 Å². The second kappa shape index (κ2) is 8.68. The fourth-order valence-corrected chi connectivity index (χ4v) is 2.81. The SMILES string of the molecule is O=C(O)CCC(CCCc1ccccc1)(O[PH](=O)O)C(=O)O. The van der Waals surface area contributed by atoms with Crippen LogP contribution in [0.2, 0.25) is 0 Å². The Morgan fingerprint density at radius 3 is 2.27 bits per heavy atom. The monoisotopic (exact) mass is 330 g/mol. The highest BCUT2D eigenvalue weighted by Crippen LogP contribution is 2.34. The van der Waals surface area contributed by atoms with Gasteiger partial charge in [-0.1, -0.05) is 30.3 Å². The number of carbonyl (C=O) groups is 2. The number of carboxylic acid groups (broad SMARTS) is 2. The van der Waals surface area contributed by atoms with Gasteiger partial charge in [0.2, 0.25) is 0 Å². The first kappa shape index (κ1) is 18.4. The molecule has 0 aromatic heterocycles. The third kappa shape index (κ3) is 5.97. The van der Waals surface area contributed by atoms with Crippen molar-refractivity contribution in [2.24, 2.45) is 0 Å². The second-order valence-electron chi connectivity index (χ2n) is 4.90. The summed E-state index contributed by atoms with van der Waals surface area (Å²) in [5.74, 6) is -2.61. The van der Waals surface area contributed by atoms with Crippen molar-refractivity contribution in [1.82, 2.24) is 0 Å². The third-order valence-corrected chi connectivity index (χ3v) is 3.87. The molecule has 0 amide bonds. The smallest absolute Gasteiger partial charge is 0.336 e. The molecular weight excluding hydrogens is 311 g/mol. The minimum absolute atomic E-state index is 0.0402. The van der Waals surface area contributed by atoms with E-state index < -0.39 is 32.2 Å². The van der Waals surface area contributed by atoms with Gasteiger partial charge in [-0.3, -0.25) is 13.9 Å². The molecule has 1 rings (SSSR count). The van der Waals surface area contributed by atoms with Gasteiger partial charge in [0, 0.05) is 6.42 Å². The topological polar surface area (TPSA) is 121 Å². The lowest BCUT2D eigenvalue weighted by Gasteiger charge is -2.27. The summed E-state index contributed by atoms with van der Waals surface area (Å²) in [5.41, 5.74) is -0.950. The van der Waals surface area contributed by atoms with Crippen LogP contribution in [-0.2, 0) is 25.1 Å². The molecule has 2 atom stereocenters. The molecule has 0 fully saturated rings. The average molecular weight is 330 g/mol. The number of hydrogen-bond donors (Lipinski definition) is 3. The van der Waals surface area contributed by atoms with Crippen molar-refractivity contribution in [1.29, 1.82) is 0 Å². The number of aryl methyl sites for hydroxylation is 1. The molecule has 7 nitrogen and oxygen atoms in total. The molecule has 0 aliphatic rings. The van der Waals surface area contributed by atoms with E-state index in [4.69, 9.17) is 14.5 Å². The summed E-state index contributed by atoms with van der Waals surface area (Å²) in [6.45, 7) is 0. The molecule has 3 N–H and O–H groups in total. The van der Waals surface area contributed by atoms with E-state index in [0.717, 1.165) is 5.56 Å². The zero-order valence-electron chi connectivity index (χ0n) is 11.9. The number of aliphatic carboxylic acids is 2. The van der Waals surface area contributed by atoms with Gasteiger partial charge in [-0.2, -0.15) is 0 Å². The van der Waals surface area contributed by atoms with Gasteiger partial charge in [-0.05, 0) is 31.2 Å². The first-order chi connectivity index (χ1) is 10.4. The zero-order chi connectivity index (χ0) is 16.6. The maximum Gasteiger partial charge on any atom is 0.336 e. The summed E-state index contributed by atoms with van der Waals surface area (Å²) in [5, 5.41) is 18.0. The van der Waals surface area contributed by atoms with Crippen molar-refractivity contribution in [2.45, 2.75) is 37.7 Å². The molecule has 22 heavy (non-hydrogen) atoms. The predicted molar refractivity (Wildman–Crippen MR) is 78.9 cm³/mol. The van der Waals surface area contributed by atoms with Crippen LogP contribution in [0.25, 0.3) is 0 Å². The largest absolute Gasteiger partial charge is 0.481 e. The van der Waals surface area contributed by atoms with Crippen LogP contribution >= 0.6 is 8.25 Å². The Kier molecular flexibility index (Phi) is 7.24. The molecule has 0 radical (unpaired) electrons. The van der Waals surface area contributed by atoms with Crippen LogP contribution in [0.4, 0.5) is 0 Å². The van der Waals surface area contributed by atoms with Gasteiger partial charge >= 0.3 is 20.2 Å². The van der Waals surface area contributed by atoms with Crippen LogP contribution in [0, 0.1) is 0 Å². The molecule has 0 saturated carbocycles. The van der Waals surface area contributed by atoms with Crippen LogP contribution in [-0.4, -0.2) is 32.6 Å². The Morgan fingerprint density at radius 1 is 1.14 bits per heavy atom. The Bertz CT molecular complexity index is 531. The highest BCUT2D eigenvalue weighted by molar-refractivity contribution is 7.32. The number of rotatable bonds is 10. The van der Waals surface area contributed by atoms with E-state index >= 15 is 0 Å². The Hall–Kier alpha value is -1.69. The minimum atomic E-state index is -3.50. The third-order valence-electron chi connectivity index (χ3n) is 3.30. The van der Waals surface area contributed by atoms with Gasteiger partial charge in [-0.15, -0.1) is 0 Å². The van der Waals surface area contributed by atoms with Crippen molar-refractivity contribution in [3.05, 3.63) is 35.9 Å². The summed E-state index contributed by atoms with van der Waals surface area (Å²) in [7, 11) is -3.50. The molecule has 122 valence electrons. The van der Waals surface area contributed by atoms with E-state index in [1.165, 1.54) is 0 Å². The standard InChI is InChI=1S/C14H19O7P/c15-12(16)8-10-14(13(17)18,21-22(19)20)9-4-7-11-5-2-1-3-6-11/h1-3,5-6,22H,4,7-10H2,(H,15,16)(H,17,18)(H,19,20). The lowest BCUT2D eigenvalue weighted by molar-refractivity contribution is -0.158. The van der Waals surface area contributed by atoms with Crippen LogP contribution < -0.4 is 0 Å². The molecule has 0 aliphatic heterocycles. The average Bonchev–Trinajstić information content (AvgIpc) is 2.45. The van der Waals surface area contributed by atoms with Crippen LogP contribution in [0.1, 0.15) is 31.2 Å². The Morgan fingerprint density at radius 2 is 1.77 bits per heavy atom. The maximum atomic E-state index is 11.5. The lowest BCUT2D eigenvalue weighted by atomic mass is 9.90. The van der Waals surface area contributed by atoms with E-state index in [1.807, 2.05) is 30.3 Å². The first-order valence-electron chi connectivity index (χ1n) is 6.77. The normalized spacial score (nSPS) is 15.0. The van der Waals surface area contributed by atoms with Gasteiger partial charge in [-0.25, -0.2) is 4.79 Å². The van der Waals surface area contributed by atoms with E-state index in [2.05, 4.69) is 0 Å². The molecule has 1 aromatic carbocycles. The molecule has 2 unspecified atom stereocenters.